The summed E-state index contributed by atoms with van der Waals surface area (Å²) < 4.78 is 5.35. The van der Waals surface area contributed by atoms with E-state index in [0.29, 0.717) is 6.04 Å². The van der Waals surface area contributed by atoms with E-state index in [-0.39, 0.29) is 0 Å². The number of hydrogen-bond acceptors (Lipinski definition) is 2. The topological polar surface area (TPSA) is 25.2 Å². The molecule has 0 aliphatic carbocycles. The van der Waals surface area contributed by atoms with Crippen LogP contribution in [0.5, 0.6) is 0 Å². The second kappa shape index (κ2) is 3.84. The van der Waals surface area contributed by atoms with Crippen LogP contribution in [-0.4, -0.2) is 13.1 Å². The van der Waals surface area contributed by atoms with E-state index in [2.05, 4.69) is 30.4 Å². The highest BCUT2D eigenvalue weighted by Gasteiger charge is 2.02. The lowest BCUT2D eigenvalue weighted by molar-refractivity contribution is 0.602. The molecule has 0 spiro atoms. The molecule has 1 aromatic carbocycles. The molecule has 2 rings (SSSR count). The fourth-order valence-corrected chi connectivity index (χ4v) is 1.58. The maximum absolute atomic E-state index is 5.35. The maximum atomic E-state index is 5.35. The van der Waals surface area contributed by atoms with Gasteiger partial charge in [-0.3, -0.25) is 0 Å². The van der Waals surface area contributed by atoms with E-state index in [0.717, 1.165) is 12.0 Å². The largest absolute Gasteiger partial charge is 0.464 e. The minimum absolute atomic E-state index is 0.502. The van der Waals surface area contributed by atoms with Gasteiger partial charge in [0.25, 0.3) is 0 Å². The minimum Gasteiger partial charge on any atom is -0.464 e. The molecule has 0 saturated carbocycles. The second-order valence-corrected chi connectivity index (χ2v) is 3.69. The zero-order valence-electron chi connectivity index (χ0n) is 8.58. The molecule has 2 nitrogen and oxygen atoms in total. The first kappa shape index (κ1) is 9.28. The molecule has 2 aromatic rings. The van der Waals surface area contributed by atoms with Crippen molar-refractivity contribution in [2.45, 2.75) is 19.4 Å². The van der Waals surface area contributed by atoms with Crippen LogP contribution < -0.4 is 5.32 Å². The van der Waals surface area contributed by atoms with E-state index in [1.54, 1.807) is 6.26 Å². The number of benzene rings is 1. The van der Waals surface area contributed by atoms with Crippen molar-refractivity contribution in [3.63, 3.8) is 0 Å². The number of fused-ring (bicyclic) bond motifs is 1. The van der Waals surface area contributed by atoms with Crippen LogP contribution in [0.15, 0.2) is 34.9 Å². The van der Waals surface area contributed by atoms with Gasteiger partial charge in [-0.1, -0.05) is 12.1 Å². The molecular formula is C12H15NO. The number of likely N-dealkylation sites (N-methyl/N-ethyl adjacent to an activating group) is 1. The smallest absolute Gasteiger partial charge is 0.134 e. The van der Waals surface area contributed by atoms with Gasteiger partial charge in [0.2, 0.25) is 0 Å². The first-order chi connectivity index (χ1) is 6.79. The van der Waals surface area contributed by atoms with Crippen LogP contribution in [0.2, 0.25) is 0 Å². The highest BCUT2D eigenvalue weighted by molar-refractivity contribution is 5.77. The lowest BCUT2D eigenvalue weighted by Crippen LogP contribution is -2.23. The van der Waals surface area contributed by atoms with Crippen LogP contribution in [0, 0.1) is 0 Å². The van der Waals surface area contributed by atoms with E-state index in [4.69, 9.17) is 4.42 Å². The van der Waals surface area contributed by atoms with Crippen molar-refractivity contribution in [3.05, 3.63) is 36.1 Å². The molecule has 0 unspecified atom stereocenters. The van der Waals surface area contributed by atoms with Crippen LogP contribution in [0.4, 0.5) is 0 Å². The Labute approximate surface area is 83.9 Å². The van der Waals surface area contributed by atoms with Crippen molar-refractivity contribution < 1.29 is 4.42 Å². The molecule has 0 aliphatic rings. The highest BCUT2D eigenvalue weighted by atomic mass is 16.3. The highest BCUT2D eigenvalue weighted by Crippen LogP contribution is 2.17. The van der Waals surface area contributed by atoms with Crippen molar-refractivity contribution in [1.29, 1.82) is 0 Å². The number of nitrogens with one attached hydrogen (secondary N) is 1. The molecule has 0 saturated heterocycles. The van der Waals surface area contributed by atoms with Crippen molar-refractivity contribution in [2.24, 2.45) is 0 Å². The summed E-state index contributed by atoms with van der Waals surface area (Å²) in [6.45, 7) is 2.17. The average Bonchev–Trinajstić information content (AvgIpc) is 2.64. The van der Waals surface area contributed by atoms with Gasteiger partial charge in [-0.15, -0.1) is 0 Å². The Hall–Kier alpha value is -1.28. The van der Waals surface area contributed by atoms with Crippen LogP contribution in [0.25, 0.3) is 11.0 Å². The van der Waals surface area contributed by atoms with Gasteiger partial charge in [0, 0.05) is 11.4 Å². The SMILES string of the molecule is CN[C@H](C)Cc1ccc2ccoc2c1. The molecular weight excluding hydrogens is 174 g/mol. The summed E-state index contributed by atoms with van der Waals surface area (Å²) in [5, 5.41) is 4.40. The first-order valence-corrected chi connectivity index (χ1v) is 4.93. The molecule has 1 aromatic heterocycles. The summed E-state index contributed by atoms with van der Waals surface area (Å²) in [7, 11) is 1.98. The third-order valence-corrected chi connectivity index (χ3v) is 2.56. The van der Waals surface area contributed by atoms with Crippen LogP contribution in [0.1, 0.15) is 12.5 Å². The summed E-state index contributed by atoms with van der Waals surface area (Å²) in [6, 6.07) is 8.87. The maximum Gasteiger partial charge on any atom is 0.134 e. The Morgan fingerprint density at radius 2 is 2.21 bits per heavy atom. The molecule has 14 heavy (non-hydrogen) atoms. The van der Waals surface area contributed by atoms with E-state index in [9.17, 15) is 0 Å². The van der Waals surface area contributed by atoms with E-state index >= 15 is 0 Å². The van der Waals surface area contributed by atoms with Crippen LogP contribution in [0.3, 0.4) is 0 Å². The summed E-state index contributed by atoms with van der Waals surface area (Å²) >= 11 is 0. The van der Waals surface area contributed by atoms with Gasteiger partial charge < -0.3 is 9.73 Å². The van der Waals surface area contributed by atoms with E-state index in [1.807, 2.05) is 13.1 Å². The van der Waals surface area contributed by atoms with Crippen molar-refractivity contribution in [2.75, 3.05) is 7.05 Å². The predicted molar refractivity (Wildman–Crippen MR) is 58.4 cm³/mol. The molecule has 0 aliphatic heterocycles. The van der Waals surface area contributed by atoms with Crippen molar-refractivity contribution >= 4 is 11.0 Å². The summed E-state index contributed by atoms with van der Waals surface area (Å²) in [4.78, 5) is 0. The molecule has 74 valence electrons. The second-order valence-electron chi connectivity index (χ2n) is 3.69. The average molecular weight is 189 g/mol. The van der Waals surface area contributed by atoms with Gasteiger partial charge in [0.05, 0.1) is 6.26 Å². The van der Waals surface area contributed by atoms with Gasteiger partial charge in [-0.25, -0.2) is 0 Å². The van der Waals surface area contributed by atoms with Gasteiger partial charge in [0.1, 0.15) is 5.58 Å². The lowest BCUT2D eigenvalue weighted by atomic mass is 10.1. The summed E-state index contributed by atoms with van der Waals surface area (Å²) in [5.74, 6) is 0. The zero-order chi connectivity index (χ0) is 9.97. The molecule has 2 heteroatoms. The Bertz CT molecular complexity index is 419. The predicted octanol–water partition coefficient (Wildman–Crippen LogP) is 2.58. The molecule has 1 N–H and O–H groups in total. The molecule has 0 fully saturated rings. The molecule has 0 radical (unpaired) electrons. The molecule has 0 amide bonds. The summed E-state index contributed by atoms with van der Waals surface area (Å²) in [5.41, 5.74) is 2.29. The fourth-order valence-electron chi connectivity index (χ4n) is 1.58. The number of rotatable bonds is 3. The minimum atomic E-state index is 0.502. The number of hydrogen-bond donors (Lipinski definition) is 1. The van der Waals surface area contributed by atoms with Crippen LogP contribution in [-0.2, 0) is 6.42 Å². The Morgan fingerprint density at radius 3 is 3.00 bits per heavy atom. The Balaban J connectivity index is 2.25. The Kier molecular flexibility index (Phi) is 2.55. The normalized spacial score (nSPS) is 13.3. The third kappa shape index (κ3) is 1.80. The van der Waals surface area contributed by atoms with Gasteiger partial charge in [-0.05, 0) is 38.1 Å². The molecule has 0 bridgehead atoms. The van der Waals surface area contributed by atoms with E-state index < -0.39 is 0 Å². The van der Waals surface area contributed by atoms with E-state index in [1.165, 1.54) is 10.9 Å². The lowest BCUT2D eigenvalue weighted by Gasteiger charge is -2.09. The fraction of sp³-hybridized carbons (Fsp3) is 0.333. The zero-order valence-corrected chi connectivity index (χ0v) is 8.58. The van der Waals surface area contributed by atoms with Crippen molar-refractivity contribution in [3.8, 4) is 0 Å². The number of furan rings is 1. The quantitative estimate of drug-likeness (QED) is 0.802. The van der Waals surface area contributed by atoms with Gasteiger partial charge in [-0.2, -0.15) is 0 Å². The Morgan fingerprint density at radius 1 is 1.36 bits per heavy atom. The van der Waals surface area contributed by atoms with Gasteiger partial charge in [0.15, 0.2) is 0 Å². The third-order valence-electron chi connectivity index (χ3n) is 2.56. The molecule has 1 atom stereocenters. The summed E-state index contributed by atoms with van der Waals surface area (Å²) in [6.07, 6.45) is 2.77. The van der Waals surface area contributed by atoms with Crippen LogP contribution >= 0.6 is 0 Å². The van der Waals surface area contributed by atoms with Crippen molar-refractivity contribution in [1.82, 2.24) is 5.32 Å². The first-order valence-electron chi connectivity index (χ1n) is 4.93. The monoisotopic (exact) mass is 189 g/mol. The standard InChI is InChI=1S/C12H15NO/c1-9(13-2)7-10-3-4-11-5-6-14-12(11)8-10/h3-6,8-9,13H,7H2,1-2H3/t9-/m1/s1. The van der Waals surface area contributed by atoms with Gasteiger partial charge >= 0.3 is 0 Å². The molecule has 1 heterocycles.